The van der Waals surface area contributed by atoms with Gasteiger partial charge in [0.1, 0.15) is 6.10 Å². The predicted octanol–water partition coefficient (Wildman–Crippen LogP) is 2.68. The zero-order chi connectivity index (χ0) is 15.1. The van der Waals surface area contributed by atoms with E-state index in [-0.39, 0.29) is 18.2 Å². The predicted molar refractivity (Wildman–Crippen MR) is 79.9 cm³/mol. The van der Waals surface area contributed by atoms with Crippen LogP contribution < -0.4 is 4.74 Å². The largest absolute Gasteiger partial charge is 0.473 e. The van der Waals surface area contributed by atoms with E-state index in [4.69, 9.17) is 4.74 Å². The minimum absolute atomic E-state index is 0.0172. The molecule has 1 amide bonds. The number of piperidine rings is 1. The molecule has 3 heterocycles. The average molecular weight is 299 g/mol. The summed E-state index contributed by atoms with van der Waals surface area (Å²) in [6.45, 7) is 0. The molecule has 2 bridgehead atoms. The quantitative estimate of drug-likeness (QED) is 0.922. The maximum absolute atomic E-state index is 11.3. The van der Waals surface area contributed by atoms with Crippen LogP contribution in [0, 0.1) is 0 Å². The van der Waals surface area contributed by atoms with Crippen LogP contribution in [0.25, 0.3) is 11.0 Å². The van der Waals surface area contributed by atoms with Gasteiger partial charge in [0.2, 0.25) is 5.88 Å². The number of benzene rings is 1. The van der Waals surface area contributed by atoms with Crippen LogP contribution in [0.3, 0.4) is 0 Å². The molecule has 2 aromatic rings. The molecule has 3 atom stereocenters. The minimum Gasteiger partial charge on any atom is -0.473 e. The molecule has 0 saturated carbocycles. The van der Waals surface area contributed by atoms with Gasteiger partial charge in [0.15, 0.2) is 0 Å². The zero-order valence-electron chi connectivity index (χ0n) is 12.1. The SMILES string of the molecule is O=C(O)N1[C@@H]2CC[C@H]1C[C@H](Oc1cnc3ccccc3n1)C2. The highest BCUT2D eigenvalue weighted by atomic mass is 16.5. The summed E-state index contributed by atoms with van der Waals surface area (Å²) in [7, 11) is 0. The molecule has 6 nitrogen and oxygen atoms in total. The summed E-state index contributed by atoms with van der Waals surface area (Å²) in [5.74, 6) is 0.520. The third-order valence-corrected chi connectivity index (χ3v) is 4.62. The van der Waals surface area contributed by atoms with Crippen LogP contribution in [0.5, 0.6) is 5.88 Å². The minimum atomic E-state index is -0.809. The summed E-state index contributed by atoms with van der Waals surface area (Å²) in [5, 5.41) is 9.28. The molecule has 1 aromatic heterocycles. The van der Waals surface area contributed by atoms with Crippen LogP contribution >= 0.6 is 0 Å². The normalized spacial score (nSPS) is 27.1. The Balaban J connectivity index is 1.51. The lowest BCUT2D eigenvalue weighted by molar-refractivity contribution is 0.0477. The van der Waals surface area contributed by atoms with Gasteiger partial charge in [-0.25, -0.2) is 14.8 Å². The summed E-state index contributed by atoms with van der Waals surface area (Å²) in [6.07, 6.45) is 4.18. The molecule has 4 rings (SSSR count). The summed E-state index contributed by atoms with van der Waals surface area (Å²) < 4.78 is 5.98. The van der Waals surface area contributed by atoms with Crippen molar-refractivity contribution in [2.75, 3.05) is 0 Å². The first-order valence-electron chi connectivity index (χ1n) is 7.60. The van der Waals surface area contributed by atoms with Crippen molar-refractivity contribution in [3.63, 3.8) is 0 Å². The van der Waals surface area contributed by atoms with E-state index in [2.05, 4.69) is 9.97 Å². The smallest absolute Gasteiger partial charge is 0.407 e. The van der Waals surface area contributed by atoms with E-state index >= 15 is 0 Å². The lowest BCUT2D eigenvalue weighted by atomic mass is 10.0. The molecule has 6 heteroatoms. The average Bonchev–Trinajstić information content (AvgIpc) is 2.79. The topological polar surface area (TPSA) is 75.5 Å². The van der Waals surface area contributed by atoms with Gasteiger partial charge in [-0.05, 0) is 25.0 Å². The number of carbonyl (C=O) groups is 1. The molecule has 2 fully saturated rings. The van der Waals surface area contributed by atoms with Gasteiger partial charge < -0.3 is 14.7 Å². The van der Waals surface area contributed by atoms with E-state index in [1.54, 1.807) is 11.1 Å². The Morgan fingerprint density at radius 3 is 2.55 bits per heavy atom. The molecular weight excluding hydrogens is 282 g/mol. The van der Waals surface area contributed by atoms with Crippen molar-refractivity contribution < 1.29 is 14.6 Å². The molecule has 1 aromatic carbocycles. The van der Waals surface area contributed by atoms with E-state index in [0.717, 1.165) is 36.7 Å². The molecule has 22 heavy (non-hydrogen) atoms. The summed E-state index contributed by atoms with van der Waals surface area (Å²) >= 11 is 0. The summed E-state index contributed by atoms with van der Waals surface area (Å²) in [6, 6.07) is 7.83. The maximum Gasteiger partial charge on any atom is 0.407 e. The number of rotatable bonds is 2. The Bertz CT molecular complexity index is 707. The fourth-order valence-electron chi connectivity index (χ4n) is 3.70. The molecule has 0 aliphatic carbocycles. The van der Waals surface area contributed by atoms with Crippen LogP contribution in [0.4, 0.5) is 4.79 Å². The van der Waals surface area contributed by atoms with Crippen molar-refractivity contribution in [3.05, 3.63) is 30.5 Å². The maximum atomic E-state index is 11.3. The Kier molecular flexibility index (Phi) is 3.10. The molecule has 1 N–H and O–H groups in total. The molecule has 0 unspecified atom stereocenters. The van der Waals surface area contributed by atoms with E-state index in [0.29, 0.717) is 5.88 Å². The van der Waals surface area contributed by atoms with Crippen molar-refractivity contribution in [2.45, 2.75) is 43.9 Å². The fraction of sp³-hybridized carbons (Fsp3) is 0.438. The fourth-order valence-corrected chi connectivity index (χ4v) is 3.70. The van der Waals surface area contributed by atoms with Crippen LogP contribution in [0.2, 0.25) is 0 Å². The second kappa shape index (κ2) is 5.12. The highest BCUT2D eigenvalue weighted by Gasteiger charge is 2.44. The number of hydrogen-bond acceptors (Lipinski definition) is 4. The Morgan fingerprint density at radius 1 is 1.18 bits per heavy atom. The van der Waals surface area contributed by atoms with Gasteiger partial charge in [-0.3, -0.25) is 0 Å². The van der Waals surface area contributed by atoms with Gasteiger partial charge in [-0.15, -0.1) is 0 Å². The lowest BCUT2D eigenvalue weighted by Crippen LogP contribution is -2.48. The first-order chi connectivity index (χ1) is 10.7. The van der Waals surface area contributed by atoms with Gasteiger partial charge in [0.05, 0.1) is 17.2 Å². The lowest BCUT2D eigenvalue weighted by Gasteiger charge is -2.36. The number of hydrogen-bond donors (Lipinski definition) is 1. The number of carboxylic acid groups (broad SMARTS) is 1. The third-order valence-electron chi connectivity index (χ3n) is 4.62. The van der Waals surface area contributed by atoms with Crippen LogP contribution in [-0.2, 0) is 0 Å². The number of nitrogens with zero attached hydrogens (tertiary/aromatic N) is 3. The monoisotopic (exact) mass is 299 g/mol. The Hall–Kier alpha value is -2.37. The van der Waals surface area contributed by atoms with Gasteiger partial charge in [-0.1, -0.05) is 12.1 Å². The number of aromatic nitrogens is 2. The van der Waals surface area contributed by atoms with Crippen molar-refractivity contribution in [3.8, 4) is 5.88 Å². The Labute approximate surface area is 127 Å². The molecule has 2 aliphatic heterocycles. The third kappa shape index (κ3) is 2.24. The van der Waals surface area contributed by atoms with Gasteiger partial charge >= 0.3 is 6.09 Å². The zero-order valence-corrected chi connectivity index (χ0v) is 12.1. The van der Waals surface area contributed by atoms with Gasteiger partial charge in [0, 0.05) is 24.9 Å². The molecule has 2 aliphatic rings. The van der Waals surface area contributed by atoms with Gasteiger partial charge in [-0.2, -0.15) is 0 Å². The first kappa shape index (κ1) is 13.3. The van der Waals surface area contributed by atoms with Crippen LogP contribution in [0.15, 0.2) is 30.5 Å². The van der Waals surface area contributed by atoms with Gasteiger partial charge in [0.25, 0.3) is 0 Å². The highest BCUT2D eigenvalue weighted by Crippen LogP contribution is 2.37. The number of para-hydroxylation sites is 2. The first-order valence-corrected chi connectivity index (χ1v) is 7.60. The van der Waals surface area contributed by atoms with E-state index < -0.39 is 6.09 Å². The second-order valence-corrected chi connectivity index (χ2v) is 5.98. The van der Waals surface area contributed by atoms with Crippen molar-refractivity contribution in [1.29, 1.82) is 0 Å². The molecular formula is C16H17N3O3. The molecule has 0 radical (unpaired) electrons. The van der Waals surface area contributed by atoms with E-state index in [1.165, 1.54) is 0 Å². The molecule has 2 saturated heterocycles. The van der Waals surface area contributed by atoms with E-state index in [1.807, 2.05) is 24.3 Å². The van der Waals surface area contributed by atoms with Crippen LogP contribution in [0.1, 0.15) is 25.7 Å². The van der Waals surface area contributed by atoms with Crippen LogP contribution in [-0.4, -0.2) is 44.3 Å². The summed E-state index contributed by atoms with van der Waals surface area (Å²) in [4.78, 5) is 21.7. The van der Waals surface area contributed by atoms with Crippen molar-refractivity contribution in [1.82, 2.24) is 14.9 Å². The number of fused-ring (bicyclic) bond motifs is 3. The number of amides is 1. The highest BCUT2D eigenvalue weighted by molar-refractivity contribution is 5.73. The Morgan fingerprint density at radius 2 is 1.86 bits per heavy atom. The number of ether oxygens (including phenoxy) is 1. The van der Waals surface area contributed by atoms with Crippen molar-refractivity contribution >= 4 is 17.1 Å². The van der Waals surface area contributed by atoms with Crippen molar-refractivity contribution in [2.24, 2.45) is 0 Å². The summed E-state index contributed by atoms with van der Waals surface area (Å²) in [5.41, 5.74) is 1.65. The molecule has 0 spiro atoms. The standard InChI is InChI=1S/C16H17N3O3/c20-16(21)19-10-5-6-11(19)8-12(7-10)22-15-9-17-13-3-1-2-4-14(13)18-15/h1-4,9-12H,5-8H2,(H,20,21)/t10-,11+,12-. The second-order valence-electron chi connectivity index (χ2n) is 5.98. The molecule has 114 valence electrons. The van der Waals surface area contributed by atoms with E-state index in [9.17, 15) is 9.90 Å².